The lowest BCUT2D eigenvalue weighted by Crippen LogP contribution is -2.16. The van der Waals surface area contributed by atoms with E-state index in [1.54, 1.807) is 25.4 Å². The van der Waals surface area contributed by atoms with Crippen LogP contribution in [0.1, 0.15) is 17.9 Å². The van der Waals surface area contributed by atoms with Crippen molar-refractivity contribution in [3.05, 3.63) is 48.2 Å². The van der Waals surface area contributed by atoms with Crippen LogP contribution >= 0.6 is 0 Å². The summed E-state index contributed by atoms with van der Waals surface area (Å²) in [6, 6.07) is 11.6. The fourth-order valence-electron chi connectivity index (χ4n) is 2.55. The first kappa shape index (κ1) is 13.4. The van der Waals surface area contributed by atoms with Crippen LogP contribution in [0.5, 0.6) is 5.88 Å². The normalized spacial score (nSPS) is 16.0. The highest BCUT2D eigenvalue weighted by Gasteiger charge is 2.23. The number of ether oxygens (including phenoxy) is 1. The predicted octanol–water partition coefficient (Wildman–Crippen LogP) is 2.63. The Morgan fingerprint density at radius 2 is 2.24 bits per heavy atom. The van der Waals surface area contributed by atoms with Crippen molar-refractivity contribution in [3.63, 3.8) is 0 Å². The van der Waals surface area contributed by atoms with Gasteiger partial charge in [0.15, 0.2) is 0 Å². The molecular weight excluding hydrogens is 266 g/mol. The third kappa shape index (κ3) is 2.97. The summed E-state index contributed by atoms with van der Waals surface area (Å²) in [6.45, 7) is 0.799. The van der Waals surface area contributed by atoms with Crippen LogP contribution in [0.25, 0.3) is 0 Å². The number of carbonyl (C=O) groups is 1. The fraction of sp³-hybridized carbons (Fsp3) is 0.250. The van der Waals surface area contributed by atoms with Gasteiger partial charge in [-0.05, 0) is 17.7 Å². The molecule has 2 aromatic rings. The molecule has 3 rings (SSSR count). The van der Waals surface area contributed by atoms with Crippen LogP contribution in [-0.2, 0) is 4.79 Å². The van der Waals surface area contributed by atoms with Crippen molar-refractivity contribution in [3.8, 4) is 5.88 Å². The molecule has 0 spiro atoms. The number of aromatic nitrogens is 1. The Labute approximate surface area is 123 Å². The number of carbonyl (C=O) groups excluding carboxylic acids is 1. The number of hydrogen-bond donors (Lipinski definition) is 2. The molecule has 5 heteroatoms. The van der Waals surface area contributed by atoms with Crippen LogP contribution in [0.4, 0.5) is 11.4 Å². The molecule has 0 radical (unpaired) electrons. The summed E-state index contributed by atoms with van der Waals surface area (Å²) in [7, 11) is 1.56. The summed E-state index contributed by atoms with van der Waals surface area (Å²) in [6.07, 6.45) is 2.05. The van der Waals surface area contributed by atoms with E-state index in [2.05, 4.69) is 21.7 Å². The molecule has 108 valence electrons. The van der Waals surface area contributed by atoms with E-state index in [-0.39, 0.29) is 11.8 Å². The Kier molecular flexibility index (Phi) is 3.73. The van der Waals surface area contributed by atoms with E-state index in [0.29, 0.717) is 18.0 Å². The smallest absolute Gasteiger partial charge is 0.225 e. The van der Waals surface area contributed by atoms with E-state index in [1.165, 1.54) is 5.56 Å². The molecule has 0 fully saturated rings. The van der Waals surface area contributed by atoms with E-state index < -0.39 is 0 Å². The van der Waals surface area contributed by atoms with Crippen LogP contribution in [0.15, 0.2) is 42.6 Å². The first-order chi connectivity index (χ1) is 10.3. The maximum Gasteiger partial charge on any atom is 0.225 e. The number of pyridine rings is 1. The number of benzene rings is 1. The monoisotopic (exact) mass is 283 g/mol. The molecule has 1 amide bonds. The summed E-state index contributed by atoms with van der Waals surface area (Å²) >= 11 is 0. The van der Waals surface area contributed by atoms with Crippen molar-refractivity contribution >= 4 is 17.3 Å². The van der Waals surface area contributed by atoms with Gasteiger partial charge in [0.2, 0.25) is 11.8 Å². The Balaban J connectivity index is 1.62. The second-order valence-electron chi connectivity index (χ2n) is 5.01. The van der Waals surface area contributed by atoms with Crippen molar-refractivity contribution in [2.75, 3.05) is 24.3 Å². The van der Waals surface area contributed by atoms with E-state index in [9.17, 15) is 4.79 Å². The molecule has 1 aromatic carbocycles. The highest BCUT2D eigenvalue weighted by atomic mass is 16.5. The minimum Gasteiger partial charge on any atom is -0.481 e. The van der Waals surface area contributed by atoms with Gasteiger partial charge in [0.1, 0.15) is 0 Å². The van der Waals surface area contributed by atoms with Crippen molar-refractivity contribution < 1.29 is 9.53 Å². The van der Waals surface area contributed by atoms with Crippen LogP contribution in [0, 0.1) is 0 Å². The van der Waals surface area contributed by atoms with Crippen molar-refractivity contribution in [1.82, 2.24) is 4.98 Å². The van der Waals surface area contributed by atoms with Gasteiger partial charge in [-0.2, -0.15) is 0 Å². The largest absolute Gasteiger partial charge is 0.481 e. The number of anilines is 2. The quantitative estimate of drug-likeness (QED) is 0.905. The number of nitrogens with one attached hydrogen (secondary N) is 2. The molecule has 2 N–H and O–H groups in total. The molecule has 0 saturated heterocycles. The van der Waals surface area contributed by atoms with E-state index in [1.807, 2.05) is 18.2 Å². The molecule has 0 bridgehead atoms. The summed E-state index contributed by atoms with van der Waals surface area (Å²) < 4.78 is 4.99. The maximum absolute atomic E-state index is 12.1. The summed E-state index contributed by atoms with van der Waals surface area (Å²) in [5.41, 5.74) is 3.02. The topological polar surface area (TPSA) is 63.2 Å². The van der Waals surface area contributed by atoms with Gasteiger partial charge in [0, 0.05) is 30.6 Å². The van der Waals surface area contributed by atoms with Crippen LogP contribution in [-0.4, -0.2) is 24.5 Å². The Morgan fingerprint density at radius 1 is 1.38 bits per heavy atom. The van der Waals surface area contributed by atoms with Crippen LogP contribution in [0.2, 0.25) is 0 Å². The Hall–Kier alpha value is -2.56. The number of fused-ring (bicyclic) bond motifs is 1. The Bertz CT molecular complexity index is 640. The average molecular weight is 283 g/mol. The minimum atomic E-state index is -0.00882. The number of hydrogen-bond acceptors (Lipinski definition) is 4. The summed E-state index contributed by atoms with van der Waals surface area (Å²) in [4.78, 5) is 16.2. The number of amides is 1. The number of rotatable bonds is 4. The van der Waals surface area contributed by atoms with Gasteiger partial charge in [0.05, 0.1) is 19.0 Å². The number of para-hydroxylation sites is 1. The van der Waals surface area contributed by atoms with Crippen LogP contribution < -0.4 is 15.4 Å². The van der Waals surface area contributed by atoms with Gasteiger partial charge in [-0.25, -0.2) is 4.98 Å². The van der Waals surface area contributed by atoms with Gasteiger partial charge in [-0.3, -0.25) is 4.79 Å². The minimum absolute atomic E-state index is 0.00882. The molecule has 1 aliphatic heterocycles. The molecule has 5 nitrogen and oxygen atoms in total. The van der Waals surface area contributed by atoms with Gasteiger partial charge < -0.3 is 15.4 Å². The second-order valence-corrected chi connectivity index (χ2v) is 5.01. The molecule has 21 heavy (non-hydrogen) atoms. The van der Waals surface area contributed by atoms with Crippen molar-refractivity contribution in [1.29, 1.82) is 0 Å². The fourth-order valence-corrected chi connectivity index (χ4v) is 2.55. The highest BCUT2D eigenvalue weighted by molar-refractivity contribution is 5.91. The first-order valence-corrected chi connectivity index (χ1v) is 6.89. The molecule has 0 saturated carbocycles. The molecule has 1 unspecified atom stereocenters. The maximum atomic E-state index is 12.1. The van der Waals surface area contributed by atoms with E-state index >= 15 is 0 Å². The zero-order valence-corrected chi connectivity index (χ0v) is 11.8. The molecule has 0 aliphatic carbocycles. The van der Waals surface area contributed by atoms with Gasteiger partial charge in [0.25, 0.3) is 0 Å². The lowest BCUT2D eigenvalue weighted by atomic mass is 9.97. The zero-order valence-electron chi connectivity index (χ0n) is 11.8. The van der Waals surface area contributed by atoms with E-state index in [0.717, 1.165) is 12.2 Å². The van der Waals surface area contributed by atoms with E-state index in [4.69, 9.17) is 4.74 Å². The first-order valence-electron chi connectivity index (χ1n) is 6.89. The number of nitrogens with zero attached hydrogens (tertiary/aromatic N) is 1. The molecule has 1 aliphatic rings. The molecule has 1 atom stereocenters. The predicted molar refractivity (Wildman–Crippen MR) is 81.7 cm³/mol. The molecule has 1 aromatic heterocycles. The van der Waals surface area contributed by atoms with Crippen molar-refractivity contribution in [2.45, 2.75) is 12.3 Å². The lowest BCUT2D eigenvalue weighted by molar-refractivity contribution is -0.116. The SMILES string of the molecule is COc1ccc(NC(=O)CC2CNc3ccccc32)cn1. The molecule has 2 heterocycles. The summed E-state index contributed by atoms with van der Waals surface area (Å²) in [5.74, 6) is 0.736. The van der Waals surface area contributed by atoms with Crippen LogP contribution in [0.3, 0.4) is 0 Å². The number of methoxy groups -OCH3 is 1. The van der Waals surface area contributed by atoms with Gasteiger partial charge >= 0.3 is 0 Å². The average Bonchev–Trinajstić information content (AvgIpc) is 2.91. The van der Waals surface area contributed by atoms with Gasteiger partial charge in [-0.1, -0.05) is 18.2 Å². The third-order valence-electron chi connectivity index (χ3n) is 3.60. The van der Waals surface area contributed by atoms with Gasteiger partial charge in [-0.15, -0.1) is 0 Å². The second kappa shape index (κ2) is 5.83. The summed E-state index contributed by atoms with van der Waals surface area (Å²) in [5, 5.41) is 6.19. The third-order valence-corrected chi connectivity index (χ3v) is 3.60. The zero-order chi connectivity index (χ0) is 14.7. The highest BCUT2D eigenvalue weighted by Crippen LogP contribution is 2.33. The van der Waals surface area contributed by atoms with Crippen molar-refractivity contribution in [2.24, 2.45) is 0 Å². The lowest BCUT2D eigenvalue weighted by Gasteiger charge is -2.10. The molecular formula is C16H17N3O2. The Morgan fingerprint density at radius 3 is 3.00 bits per heavy atom. The standard InChI is InChI=1S/C16H17N3O2/c1-21-16-7-6-12(10-18-16)19-15(20)8-11-9-17-14-5-3-2-4-13(11)14/h2-7,10-11,17H,8-9H2,1H3,(H,19,20).